The predicted octanol–water partition coefficient (Wildman–Crippen LogP) is 5.10. The minimum absolute atomic E-state index is 0.114. The zero-order chi connectivity index (χ0) is 14.8. The highest BCUT2D eigenvalue weighted by Crippen LogP contribution is 2.35. The van der Waals surface area contributed by atoms with E-state index in [9.17, 15) is 18.0 Å². The number of benzene rings is 1. The van der Waals surface area contributed by atoms with Crippen molar-refractivity contribution < 1.29 is 18.0 Å². The summed E-state index contributed by atoms with van der Waals surface area (Å²) in [5.41, 5.74) is -0.544. The van der Waals surface area contributed by atoms with Gasteiger partial charge in [0.05, 0.1) is 5.56 Å². The molecule has 2 atom stereocenters. The summed E-state index contributed by atoms with van der Waals surface area (Å²) in [7, 11) is 0. The highest BCUT2D eigenvalue weighted by molar-refractivity contribution is 5.98. The SMILES string of the molecule is CCC1CCCCC1C(=O)c1cccc(C(F)(F)F)c1. The summed E-state index contributed by atoms with van der Waals surface area (Å²) in [5, 5.41) is 0. The molecule has 1 aliphatic carbocycles. The number of hydrogen-bond donors (Lipinski definition) is 0. The second-order valence-corrected chi connectivity index (χ2v) is 5.50. The van der Waals surface area contributed by atoms with Gasteiger partial charge in [-0.05, 0) is 30.9 Å². The molecule has 2 unspecified atom stereocenters. The molecule has 1 fully saturated rings. The molecule has 0 amide bonds. The molecule has 1 aromatic carbocycles. The largest absolute Gasteiger partial charge is 0.416 e. The van der Waals surface area contributed by atoms with Gasteiger partial charge in [0.25, 0.3) is 0 Å². The van der Waals surface area contributed by atoms with E-state index in [1.807, 2.05) is 6.92 Å². The molecule has 2 rings (SSSR count). The molecule has 1 nitrogen and oxygen atoms in total. The summed E-state index contributed by atoms with van der Waals surface area (Å²) < 4.78 is 38.1. The molecule has 0 radical (unpaired) electrons. The van der Waals surface area contributed by atoms with E-state index in [-0.39, 0.29) is 17.3 Å². The van der Waals surface area contributed by atoms with E-state index in [2.05, 4.69) is 0 Å². The van der Waals surface area contributed by atoms with Gasteiger partial charge in [-0.1, -0.05) is 38.3 Å². The molecule has 0 aliphatic heterocycles. The van der Waals surface area contributed by atoms with Crippen LogP contribution >= 0.6 is 0 Å². The maximum atomic E-state index is 12.7. The summed E-state index contributed by atoms with van der Waals surface area (Å²) in [4.78, 5) is 12.5. The third-order valence-electron chi connectivity index (χ3n) is 4.24. The van der Waals surface area contributed by atoms with Crippen LogP contribution < -0.4 is 0 Å². The predicted molar refractivity (Wildman–Crippen MR) is 71.5 cm³/mol. The summed E-state index contributed by atoms with van der Waals surface area (Å²) >= 11 is 0. The van der Waals surface area contributed by atoms with Gasteiger partial charge < -0.3 is 0 Å². The van der Waals surface area contributed by atoms with Crippen LogP contribution in [0.5, 0.6) is 0 Å². The molecule has 20 heavy (non-hydrogen) atoms. The van der Waals surface area contributed by atoms with Crippen LogP contribution in [-0.2, 0) is 6.18 Å². The third kappa shape index (κ3) is 3.22. The Morgan fingerprint density at radius 1 is 1.25 bits per heavy atom. The lowest BCUT2D eigenvalue weighted by molar-refractivity contribution is -0.137. The molecule has 0 spiro atoms. The van der Waals surface area contributed by atoms with E-state index in [0.717, 1.165) is 44.2 Å². The fourth-order valence-corrected chi connectivity index (χ4v) is 3.10. The van der Waals surface area contributed by atoms with Crippen LogP contribution in [0.3, 0.4) is 0 Å². The Morgan fingerprint density at radius 3 is 2.60 bits per heavy atom. The number of ketones is 1. The van der Waals surface area contributed by atoms with E-state index in [1.54, 1.807) is 0 Å². The van der Waals surface area contributed by atoms with Crippen LogP contribution in [0.2, 0.25) is 0 Å². The minimum Gasteiger partial charge on any atom is -0.294 e. The number of hydrogen-bond acceptors (Lipinski definition) is 1. The van der Waals surface area contributed by atoms with Crippen molar-refractivity contribution in [2.45, 2.75) is 45.2 Å². The molecule has 1 aromatic rings. The van der Waals surface area contributed by atoms with Gasteiger partial charge in [-0.2, -0.15) is 13.2 Å². The second-order valence-electron chi connectivity index (χ2n) is 5.50. The Morgan fingerprint density at radius 2 is 1.95 bits per heavy atom. The first-order valence-electron chi connectivity index (χ1n) is 7.15. The first kappa shape index (κ1) is 15.1. The summed E-state index contributed by atoms with van der Waals surface area (Å²) in [5.74, 6) is 0.0747. The van der Waals surface area contributed by atoms with Gasteiger partial charge >= 0.3 is 6.18 Å². The van der Waals surface area contributed by atoms with Crippen LogP contribution in [0.4, 0.5) is 13.2 Å². The van der Waals surface area contributed by atoms with Gasteiger partial charge in [0.1, 0.15) is 0 Å². The van der Waals surface area contributed by atoms with Gasteiger partial charge in [-0.15, -0.1) is 0 Å². The minimum atomic E-state index is -4.40. The van der Waals surface area contributed by atoms with Crippen molar-refractivity contribution in [3.63, 3.8) is 0 Å². The van der Waals surface area contributed by atoms with E-state index in [1.165, 1.54) is 12.1 Å². The monoisotopic (exact) mass is 284 g/mol. The molecule has 0 bridgehead atoms. The number of rotatable bonds is 3. The van der Waals surface area contributed by atoms with Gasteiger partial charge in [0, 0.05) is 11.5 Å². The average Bonchev–Trinajstić information content (AvgIpc) is 2.45. The number of carbonyl (C=O) groups is 1. The summed E-state index contributed by atoms with van der Waals surface area (Å²) in [6, 6.07) is 4.82. The Balaban J connectivity index is 2.24. The lowest BCUT2D eigenvalue weighted by atomic mass is 9.74. The van der Waals surface area contributed by atoms with Crippen molar-refractivity contribution in [1.29, 1.82) is 0 Å². The van der Waals surface area contributed by atoms with Crippen molar-refractivity contribution in [3.8, 4) is 0 Å². The first-order chi connectivity index (χ1) is 9.43. The second kappa shape index (κ2) is 5.98. The highest BCUT2D eigenvalue weighted by Gasteiger charge is 2.33. The number of halogens is 3. The average molecular weight is 284 g/mol. The highest BCUT2D eigenvalue weighted by atomic mass is 19.4. The van der Waals surface area contributed by atoms with Gasteiger partial charge in [0.15, 0.2) is 5.78 Å². The molecule has 1 saturated carbocycles. The van der Waals surface area contributed by atoms with Gasteiger partial charge in [0.2, 0.25) is 0 Å². The van der Waals surface area contributed by atoms with Crippen LogP contribution in [0, 0.1) is 11.8 Å². The fraction of sp³-hybridized carbons (Fsp3) is 0.562. The van der Waals surface area contributed by atoms with Crippen molar-refractivity contribution in [2.24, 2.45) is 11.8 Å². The molecule has 4 heteroatoms. The molecular weight excluding hydrogens is 265 g/mol. The topological polar surface area (TPSA) is 17.1 Å². The molecular formula is C16H19F3O. The van der Waals surface area contributed by atoms with E-state index in [4.69, 9.17) is 0 Å². The lowest BCUT2D eigenvalue weighted by Crippen LogP contribution is -2.27. The Kier molecular flexibility index (Phi) is 4.51. The summed E-state index contributed by atoms with van der Waals surface area (Å²) in [6.45, 7) is 2.04. The first-order valence-corrected chi connectivity index (χ1v) is 7.15. The molecule has 0 saturated heterocycles. The van der Waals surface area contributed by atoms with E-state index < -0.39 is 11.7 Å². The number of Topliss-reactive ketones (excluding diaryl/α,β-unsaturated/α-hetero) is 1. The fourth-order valence-electron chi connectivity index (χ4n) is 3.10. The zero-order valence-corrected chi connectivity index (χ0v) is 11.5. The van der Waals surface area contributed by atoms with Gasteiger partial charge in [-0.25, -0.2) is 0 Å². The maximum Gasteiger partial charge on any atom is 0.416 e. The number of carbonyl (C=O) groups excluding carboxylic acids is 1. The standard InChI is InChI=1S/C16H19F3O/c1-2-11-6-3-4-9-14(11)15(20)12-7-5-8-13(10-12)16(17,18)19/h5,7-8,10-11,14H,2-4,6,9H2,1H3. The Labute approximate surface area is 117 Å². The Hall–Kier alpha value is -1.32. The van der Waals surface area contributed by atoms with Crippen molar-refractivity contribution in [2.75, 3.05) is 0 Å². The smallest absolute Gasteiger partial charge is 0.294 e. The molecule has 0 heterocycles. The van der Waals surface area contributed by atoms with Crippen molar-refractivity contribution >= 4 is 5.78 Å². The quantitative estimate of drug-likeness (QED) is 0.705. The maximum absolute atomic E-state index is 12.7. The molecule has 0 N–H and O–H groups in total. The van der Waals surface area contributed by atoms with Crippen molar-refractivity contribution in [3.05, 3.63) is 35.4 Å². The van der Waals surface area contributed by atoms with Crippen LogP contribution in [0.1, 0.15) is 54.9 Å². The Bertz CT molecular complexity index is 479. The third-order valence-corrected chi connectivity index (χ3v) is 4.24. The zero-order valence-electron chi connectivity index (χ0n) is 11.5. The molecule has 0 aromatic heterocycles. The van der Waals surface area contributed by atoms with Crippen LogP contribution in [0.15, 0.2) is 24.3 Å². The van der Waals surface area contributed by atoms with Crippen molar-refractivity contribution in [1.82, 2.24) is 0 Å². The lowest BCUT2D eigenvalue weighted by Gasteiger charge is -2.29. The normalized spacial score (nSPS) is 23.6. The number of alkyl halides is 3. The van der Waals surface area contributed by atoms with Gasteiger partial charge in [-0.3, -0.25) is 4.79 Å². The van der Waals surface area contributed by atoms with E-state index >= 15 is 0 Å². The van der Waals surface area contributed by atoms with Crippen LogP contribution in [-0.4, -0.2) is 5.78 Å². The summed E-state index contributed by atoms with van der Waals surface area (Å²) in [6.07, 6.45) is 0.429. The molecule has 110 valence electrons. The van der Waals surface area contributed by atoms with E-state index in [0.29, 0.717) is 5.92 Å². The molecule has 1 aliphatic rings. The van der Waals surface area contributed by atoms with Crippen LogP contribution in [0.25, 0.3) is 0 Å².